The molecule has 0 bridgehead atoms. The summed E-state index contributed by atoms with van der Waals surface area (Å²) < 4.78 is 102. The summed E-state index contributed by atoms with van der Waals surface area (Å²) in [6.07, 6.45) is -7.91. The van der Waals surface area contributed by atoms with Crippen LogP contribution in [0.4, 0.5) is 30.7 Å². The molecule has 12 heteroatoms. The van der Waals surface area contributed by atoms with E-state index in [9.17, 15) is 35.5 Å². The Bertz CT molecular complexity index is 1340. The van der Waals surface area contributed by atoms with E-state index in [0.29, 0.717) is 6.07 Å². The molecule has 202 valence electrons. The van der Waals surface area contributed by atoms with Gasteiger partial charge in [0.25, 0.3) is 5.91 Å². The van der Waals surface area contributed by atoms with Crippen LogP contribution in [0.2, 0.25) is 0 Å². The van der Waals surface area contributed by atoms with Gasteiger partial charge in [-0.25, -0.2) is 4.39 Å². The van der Waals surface area contributed by atoms with Crippen LogP contribution in [0.25, 0.3) is 11.3 Å². The lowest BCUT2D eigenvalue weighted by atomic mass is 10.0. The van der Waals surface area contributed by atoms with Crippen molar-refractivity contribution in [3.63, 3.8) is 0 Å². The van der Waals surface area contributed by atoms with Crippen LogP contribution in [0, 0.1) is 5.82 Å². The summed E-state index contributed by atoms with van der Waals surface area (Å²) in [4.78, 5) is 14.6. The second kappa shape index (κ2) is 9.63. The molecule has 0 unspecified atom stereocenters. The molecule has 0 radical (unpaired) electrons. The molecular formula is C26H22F7N3O2. The van der Waals surface area contributed by atoms with Crippen molar-refractivity contribution in [2.45, 2.75) is 50.2 Å². The number of carbonyl (C=O) groups is 1. The fraction of sp³-hybridized carbons (Fsp3) is 0.385. The lowest BCUT2D eigenvalue weighted by Crippen LogP contribution is -2.40. The highest BCUT2D eigenvalue weighted by Gasteiger charge is 2.40. The Morgan fingerprint density at radius 2 is 1.58 bits per heavy atom. The number of halogens is 7. The third-order valence-electron chi connectivity index (χ3n) is 6.62. The molecule has 5 nitrogen and oxygen atoms in total. The normalized spacial score (nSPS) is 17.1. The molecule has 1 amide bonds. The Kier molecular flexibility index (Phi) is 6.60. The van der Waals surface area contributed by atoms with Gasteiger partial charge in [-0.2, -0.15) is 31.4 Å². The largest absolute Gasteiger partial charge is 0.489 e. The lowest BCUT2D eigenvalue weighted by Gasteiger charge is -2.33. The van der Waals surface area contributed by atoms with E-state index < -0.39 is 52.6 Å². The van der Waals surface area contributed by atoms with Crippen molar-refractivity contribution in [2.75, 3.05) is 13.1 Å². The van der Waals surface area contributed by atoms with E-state index >= 15 is 0 Å². The average Bonchev–Trinajstić information content (AvgIpc) is 3.55. The topological polar surface area (TPSA) is 47.4 Å². The van der Waals surface area contributed by atoms with Gasteiger partial charge in [-0.3, -0.25) is 9.48 Å². The molecule has 1 saturated heterocycles. The number of alkyl halides is 6. The molecule has 1 aliphatic heterocycles. The fourth-order valence-electron chi connectivity index (χ4n) is 4.59. The van der Waals surface area contributed by atoms with Crippen molar-refractivity contribution in [3.05, 3.63) is 71.2 Å². The Labute approximate surface area is 212 Å². The molecule has 38 heavy (non-hydrogen) atoms. The summed E-state index contributed by atoms with van der Waals surface area (Å²) in [5.41, 5.74) is -2.96. The number of likely N-dealkylation sites (tertiary alicyclic amines) is 1. The molecule has 1 aliphatic carbocycles. The monoisotopic (exact) mass is 541 g/mol. The number of hydrogen-bond acceptors (Lipinski definition) is 3. The SMILES string of the molecule is O=C(c1ccc(F)cc1OC1CC1)N1CCC(n2nc(-c3ccccc3C(F)(F)F)cc2C(F)(F)F)CC1. The zero-order valence-corrected chi connectivity index (χ0v) is 19.8. The second-order valence-electron chi connectivity index (χ2n) is 9.38. The van der Waals surface area contributed by atoms with Gasteiger partial charge in [-0.05, 0) is 49.9 Å². The predicted octanol–water partition coefficient (Wildman–Crippen LogP) is 6.75. The Hall–Kier alpha value is -3.57. The standard InChI is InChI=1S/C26H22F7N3O2/c27-15-5-8-19(22(13-15)38-17-6-7-17)24(37)35-11-9-16(10-12-35)36-23(26(31,32)33)14-21(34-36)18-3-1-2-4-20(18)25(28,29)30/h1-5,8,13-14,16-17H,6-7,9-12H2. The van der Waals surface area contributed by atoms with Crippen LogP contribution in [-0.4, -0.2) is 39.8 Å². The number of carbonyl (C=O) groups excluding carboxylic acids is 1. The summed E-state index contributed by atoms with van der Waals surface area (Å²) in [6, 6.07) is 7.77. The number of nitrogens with zero attached hydrogens (tertiary/aromatic N) is 3. The minimum atomic E-state index is -4.85. The summed E-state index contributed by atoms with van der Waals surface area (Å²) in [6.45, 7) is 0.157. The zero-order chi connectivity index (χ0) is 27.2. The van der Waals surface area contributed by atoms with E-state index in [4.69, 9.17) is 4.74 Å². The summed E-state index contributed by atoms with van der Waals surface area (Å²) in [5, 5.41) is 3.97. The van der Waals surface area contributed by atoms with E-state index in [-0.39, 0.29) is 43.3 Å². The average molecular weight is 541 g/mol. The molecule has 3 aromatic rings. The molecule has 5 rings (SSSR count). The molecule has 1 aromatic heterocycles. The first-order valence-electron chi connectivity index (χ1n) is 12.0. The van der Waals surface area contributed by atoms with Crippen molar-refractivity contribution in [3.8, 4) is 17.0 Å². The van der Waals surface area contributed by atoms with Gasteiger partial charge in [0, 0.05) is 24.7 Å². The molecule has 2 fully saturated rings. The van der Waals surface area contributed by atoms with E-state index in [2.05, 4.69) is 5.10 Å². The highest BCUT2D eigenvalue weighted by atomic mass is 19.4. The molecule has 1 saturated carbocycles. The van der Waals surface area contributed by atoms with Crippen LogP contribution >= 0.6 is 0 Å². The molecule has 2 heterocycles. The van der Waals surface area contributed by atoms with Gasteiger partial charge in [0.15, 0.2) is 0 Å². The number of aromatic nitrogens is 2. The first-order chi connectivity index (χ1) is 17.9. The van der Waals surface area contributed by atoms with Gasteiger partial charge in [-0.1, -0.05) is 18.2 Å². The van der Waals surface area contributed by atoms with Crippen molar-refractivity contribution in [1.29, 1.82) is 0 Å². The summed E-state index contributed by atoms with van der Waals surface area (Å²) in [7, 11) is 0. The first kappa shape index (κ1) is 26.1. The predicted molar refractivity (Wildman–Crippen MR) is 122 cm³/mol. The first-order valence-corrected chi connectivity index (χ1v) is 12.0. The summed E-state index contributed by atoms with van der Waals surface area (Å²) in [5.74, 6) is -0.869. The number of rotatable bonds is 5. The minimum absolute atomic E-state index is 0.0774. The molecule has 0 N–H and O–H groups in total. The van der Waals surface area contributed by atoms with Gasteiger partial charge in [-0.15, -0.1) is 0 Å². The summed E-state index contributed by atoms with van der Waals surface area (Å²) >= 11 is 0. The maximum atomic E-state index is 13.9. The quantitative estimate of drug-likeness (QED) is 0.336. The minimum Gasteiger partial charge on any atom is -0.489 e. The van der Waals surface area contributed by atoms with Gasteiger partial charge < -0.3 is 9.64 Å². The Morgan fingerprint density at radius 3 is 2.21 bits per heavy atom. The van der Waals surface area contributed by atoms with Gasteiger partial charge in [0.1, 0.15) is 17.3 Å². The van der Waals surface area contributed by atoms with Crippen LogP contribution in [-0.2, 0) is 12.4 Å². The van der Waals surface area contributed by atoms with Crippen LogP contribution in [0.5, 0.6) is 5.75 Å². The van der Waals surface area contributed by atoms with Crippen LogP contribution in [0.3, 0.4) is 0 Å². The van der Waals surface area contributed by atoms with Crippen LogP contribution in [0.15, 0.2) is 48.5 Å². The van der Waals surface area contributed by atoms with Gasteiger partial charge in [0.2, 0.25) is 0 Å². The second-order valence-corrected chi connectivity index (χ2v) is 9.38. The number of ether oxygens (including phenoxy) is 1. The van der Waals surface area contributed by atoms with E-state index in [1.54, 1.807) is 0 Å². The highest BCUT2D eigenvalue weighted by molar-refractivity contribution is 5.97. The zero-order valence-electron chi connectivity index (χ0n) is 19.8. The maximum Gasteiger partial charge on any atom is 0.433 e. The lowest BCUT2D eigenvalue weighted by molar-refractivity contribution is -0.145. The molecule has 2 aromatic carbocycles. The van der Waals surface area contributed by atoms with Gasteiger partial charge >= 0.3 is 12.4 Å². The third kappa shape index (κ3) is 5.34. The number of benzene rings is 2. The number of piperidine rings is 1. The molecular weight excluding hydrogens is 519 g/mol. The Morgan fingerprint density at radius 1 is 0.895 bits per heavy atom. The van der Waals surface area contributed by atoms with Crippen molar-refractivity contribution in [2.24, 2.45) is 0 Å². The van der Waals surface area contributed by atoms with Crippen molar-refractivity contribution >= 4 is 5.91 Å². The Balaban J connectivity index is 1.38. The van der Waals surface area contributed by atoms with Crippen LogP contribution in [0.1, 0.15) is 53.3 Å². The smallest absolute Gasteiger partial charge is 0.433 e. The molecule has 0 spiro atoms. The third-order valence-corrected chi connectivity index (χ3v) is 6.62. The number of hydrogen-bond donors (Lipinski definition) is 0. The van der Waals surface area contributed by atoms with Crippen molar-refractivity contribution in [1.82, 2.24) is 14.7 Å². The van der Waals surface area contributed by atoms with Crippen molar-refractivity contribution < 1.29 is 40.3 Å². The highest BCUT2D eigenvalue weighted by Crippen LogP contribution is 2.40. The van der Waals surface area contributed by atoms with Crippen LogP contribution < -0.4 is 4.74 Å². The molecule has 2 aliphatic rings. The van der Waals surface area contributed by atoms with E-state index in [0.717, 1.165) is 47.9 Å². The maximum absolute atomic E-state index is 13.9. The van der Waals surface area contributed by atoms with Gasteiger partial charge in [0.05, 0.1) is 29.0 Å². The fourth-order valence-corrected chi connectivity index (χ4v) is 4.59. The van der Waals surface area contributed by atoms with E-state index in [1.165, 1.54) is 17.0 Å². The number of amides is 1. The van der Waals surface area contributed by atoms with E-state index in [1.807, 2.05) is 0 Å². The molecule has 0 atom stereocenters.